The van der Waals surface area contributed by atoms with E-state index in [2.05, 4.69) is 17.2 Å². The number of fused-ring (bicyclic) bond motifs is 1. The van der Waals surface area contributed by atoms with Crippen LogP contribution in [0, 0.1) is 18.8 Å². The summed E-state index contributed by atoms with van der Waals surface area (Å²) in [7, 11) is 5.06. The normalized spacial score (nSPS) is 11.8. The molecular weight excluding hydrogens is 410 g/mol. The molecule has 0 amide bonds. The van der Waals surface area contributed by atoms with Gasteiger partial charge in [-0.3, -0.25) is 0 Å². The Morgan fingerprint density at radius 2 is 1.94 bits per heavy atom. The Balaban J connectivity index is 1.85. The van der Waals surface area contributed by atoms with Crippen molar-refractivity contribution in [2.24, 2.45) is 0 Å². The fourth-order valence-corrected chi connectivity index (χ4v) is 3.06. The van der Waals surface area contributed by atoms with Crippen LogP contribution in [0.15, 0.2) is 42.5 Å². The fraction of sp³-hybridized carbons (Fsp3) is 0.238. The number of nitrogens with two attached hydrogens (primary N) is 1. The van der Waals surface area contributed by atoms with E-state index in [0.29, 0.717) is 22.3 Å². The number of rotatable bonds is 5. The van der Waals surface area contributed by atoms with Crippen LogP contribution in [0.3, 0.4) is 0 Å². The average Bonchev–Trinajstić information content (AvgIpc) is 2.96. The van der Waals surface area contributed by atoms with Gasteiger partial charge in [-0.05, 0) is 48.7 Å². The summed E-state index contributed by atoms with van der Waals surface area (Å²) in [5.74, 6) is 2.70. The number of anilines is 2. The van der Waals surface area contributed by atoms with Crippen LogP contribution in [0.5, 0.6) is 5.75 Å². The SMILES string of the molecule is [B]C(O)(O)Oc1cc(C)ccc1NCC#Cc1cc2c(N)cccc2n1CC(F)(F)F. The van der Waals surface area contributed by atoms with Gasteiger partial charge in [0.25, 0.3) is 5.87 Å². The van der Waals surface area contributed by atoms with Crippen molar-refractivity contribution in [1.29, 1.82) is 0 Å². The lowest BCUT2D eigenvalue weighted by Gasteiger charge is -2.21. The molecule has 1 heterocycles. The smallest absolute Gasteiger partial charge is 0.406 e. The Bertz CT molecular complexity index is 1160. The first-order chi connectivity index (χ1) is 14.4. The molecule has 6 nitrogen and oxygen atoms in total. The molecule has 0 bridgehead atoms. The second-order valence-electron chi connectivity index (χ2n) is 6.93. The molecule has 10 heteroatoms. The van der Waals surface area contributed by atoms with Gasteiger partial charge < -0.3 is 30.6 Å². The summed E-state index contributed by atoms with van der Waals surface area (Å²) in [5, 5.41) is 21.9. The Morgan fingerprint density at radius 3 is 2.61 bits per heavy atom. The Morgan fingerprint density at radius 1 is 1.19 bits per heavy atom. The van der Waals surface area contributed by atoms with Crippen molar-refractivity contribution >= 4 is 30.1 Å². The quantitative estimate of drug-likeness (QED) is 0.217. The lowest BCUT2D eigenvalue weighted by Crippen LogP contribution is -2.35. The highest BCUT2D eigenvalue weighted by molar-refractivity contribution is 6.12. The minimum atomic E-state index is -4.43. The van der Waals surface area contributed by atoms with Crippen LogP contribution in [-0.4, -0.2) is 41.2 Å². The highest BCUT2D eigenvalue weighted by Crippen LogP contribution is 2.29. The van der Waals surface area contributed by atoms with Gasteiger partial charge in [-0.15, -0.1) is 0 Å². The third kappa shape index (κ3) is 5.87. The van der Waals surface area contributed by atoms with Crippen LogP contribution in [-0.2, 0) is 6.54 Å². The molecule has 2 radical (unpaired) electrons. The Hall–Kier alpha value is -3.29. The zero-order valence-electron chi connectivity index (χ0n) is 16.5. The maximum absolute atomic E-state index is 13.1. The monoisotopic (exact) mass is 429 g/mol. The van der Waals surface area contributed by atoms with Crippen LogP contribution >= 0.6 is 0 Å². The van der Waals surface area contributed by atoms with Gasteiger partial charge in [-0.1, -0.05) is 18.1 Å². The number of nitrogen functional groups attached to an aromatic ring is 1. The molecule has 3 rings (SSSR count). The van der Waals surface area contributed by atoms with Gasteiger partial charge >= 0.3 is 6.18 Å². The number of hydrogen-bond acceptors (Lipinski definition) is 5. The molecule has 0 aliphatic rings. The van der Waals surface area contributed by atoms with E-state index in [1.165, 1.54) is 12.1 Å². The predicted octanol–water partition coefficient (Wildman–Crippen LogP) is 2.70. The third-order valence-corrected chi connectivity index (χ3v) is 4.30. The third-order valence-electron chi connectivity index (χ3n) is 4.30. The van der Waals surface area contributed by atoms with Crippen LogP contribution in [0.4, 0.5) is 24.5 Å². The van der Waals surface area contributed by atoms with E-state index >= 15 is 0 Å². The summed E-state index contributed by atoms with van der Waals surface area (Å²) in [5.41, 5.74) is 7.92. The number of ether oxygens (including phenoxy) is 1. The van der Waals surface area contributed by atoms with Gasteiger partial charge in [0.05, 0.1) is 23.4 Å². The van der Waals surface area contributed by atoms with Crippen molar-refractivity contribution in [2.75, 3.05) is 17.6 Å². The molecule has 0 spiro atoms. The van der Waals surface area contributed by atoms with E-state index in [4.69, 9.17) is 18.3 Å². The van der Waals surface area contributed by atoms with E-state index in [9.17, 15) is 23.4 Å². The lowest BCUT2D eigenvalue weighted by molar-refractivity contribution is -0.223. The number of nitrogens with one attached hydrogen (secondary N) is 1. The summed E-state index contributed by atoms with van der Waals surface area (Å²) < 4.78 is 45.2. The van der Waals surface area contributed by atoms with E-state index in [0.717, 1.165) is 10.1 Å². The van der Waals surface area contributed by atoms with Gasteiger partial charge in [-0.2, -0.15) is 13.2 Å². The summed E-state index contributed by atoms with van der Waals surface area (Å²) >= 11 is 0. The first-order valence-electron chi connectivity index (χ1n) is 9.13. The topological polar surface area (TPSA) is 92.7 Å². The van der Waals surface area contributed by atoms with Gasteiger partial charge in [0.2, 0.25) is 7.85 Å². The van der Waals surface area contributed by atoms with Gasteiger partial charge in [-0.25, -0.2) is 0 Å². The summed E-state index contributed by atoms with van der Waals surface area (Å²) in [4.78, 5) is 0. The number of alkyl halides is 3. The van der Waals surface area contributed by atoms with Crippen molar-refractivity contribution < 1.29 is 28.1 Å². The minimum absolute atomic E-state index is 0.0386. The zero-order chi connectivity index (χ0) is 22.8. The number of aliphatic hydroxyl groups is 2. The molecule has 0 atom stereocenters. The Kier molecular flexibility index (Phi) is 6.11. The van der Waals surface area contributed by atoms with Crippen molar-refractivity contribution in [3.05, 3.63) is 53.7 Å². The highest BCUT2D eigenvalue weighted by atomic mass is 19.4. The van der Waals surface area contributed by atoms with Gasteiger partial charge in [0, 0.05) is 11.1 Å². The molecule has 0 aliphatic carbocycles. The van der Waals surface area contributed by atoms with Crippen molar-refractivity contribution in [3.63, 3.8) is 0 Å². The van der Waals surface area contributed by atoms with Crippen molar-refractivity contribution in [3.8, 4) is 17.6 Å². The van der Waals surface area contributed by atoms with Crippen molar-refractivity contribution in [1.82, 2.24) is 4.57 Å². The number of nitrogens with zero attached hydrogens (tertiary/aromatic N) is 1. The summed E-state index contributed by atoms with van der Waals surface area (Å²) in [6.07, 6.45) is -4.43. The lowest BCUT2D eigenvalue weighted by atomic mass is 10.1. The second-order valence-corrected chi connectivity index (χ2v) is 6.93. The van der Waals surface area contributed by atoms with Gasteiger partial charge in [0.1, 0.15) is 12.3 Å². The van der Waals surface area contributed by atoms with Crippen LogP contribution in [0.2, 0.25) is 0 Å². The summed E-state index contributed by atoms with van der Waals surface area (Å²) in [6.45, 7) is 0.615. The zero-order valence-corrected chi connectivity index (χ0v) is 16.5. The van der Waals surface area contributed by atoms with Crippen molar-refractivity contribution in [2.45, 2.75) is 25.5 Å². The van der Waals surface area contributed by atoms with E-state index in [1.807, 2.05) is 0 Å². The molecule has 2 aromatic carbocycles. The maximum atomic E-state index is 13.1. The predicted molar refractivity (Wildman–Crippen MR) is 113 cm³/mol. The molecule has 0 unspecified atom stereocenters. The molecule has 0 aliphatic heterocycles. The summed E-state index contributed by atoms with van der Waals surface area (Å²) in [6, 6.07) is 11.2. The minimum Gasteiger partial charge on any atom is -0.447 e. The molecule has 1 aromatic heterocycles. The van der Waals surface area contributed by atoms with Crippen LogP contribution < -0.4 is 15.8 Å². The Labute approximate surface area is 177 Å². The largest absolute Gasteiger partial charge is 0.447 e. The number of halogens is 3. The van der Waals surface area contributed by atoms with Gasteiger partial charge in [0.15, 0.2) is 0 Å². The van der Waals surface area contributed by atoms with Crippen LogP contribution in [0.1, 0.15) is 11.3 Å². The molecular formula is C21H19BF3N3O3. The van der Waals surface area contributed by atoms with E-state index in [1.54, 1.807) is 37.3 Å². The number of aryl methyl sites for hydroxylation is 1. The molecule has 0 saturated carbocycles. The number of aromatic nitrogens is 1. The van der Waals surface area contributed by atoms with E-state index in [-0.39, 0.29) is 18.0 Å². The maximum Gasteiger partial charge on any atom is 0.406 e. The van der Waals surface area contributed by atoms with E-state index < -0.39 is 18.6 Å². The first-order valence-corrected chi connectivity index (χ1v) is 9.13. The second kappa shape index (κ2) is 8.45. The first kappa shape index (κ1) is 22.4. The average molecular weight is 429 g/mol. The molecule has 160 valence electrons. The molecule has 0 saturated heterocycles. The van der Waals surface area contributed by atoms with Crippen LogP contribution in [0.25, 0.3) is 10.9 Å². The molecule has 0 fully saturated rings. The molecule has 5 N–H and O–H groups in total. The molecule has 31 heavy (non-hydrogen) atoms. The fourth-order valence-electron chi connectivity index (χ4n) is 3.06. The number of hydrogen-bond donors (Lipinski definition) is 4. The number of benzene rings is 2. The standard InChI is InChI=1S/C21H19BF3N3O3/c1-13-7-8-17(19(10-13)31-21(22,29)30)27-9-3-4-14-11-15-16(26)5-2-6-18(15)28(14)12-20(23,24)25/h2,5-8,10-11,27,29-30H,9,12,26H2,1H3. The highest BCUT2D eigenvalue weighted by Gasteiger charge is 2.29. The molecule has 3 aromatic rings.